The fourth-order valence-electron chi connectivity index (χ4n) is 2.98. The molecule has 1 unspecified atom stereocenters. The first-order valence-corrected chi connectivity index (χ1v) is 6.98. The van der Waals surface area contributed by atoms with Gasteiger partial charge in [-0.05, 0) is 51.1 Å². The van der Waals surface area contributed by atoms with E-state index >= 15 is 0 Å². The fraction of sp³-hybridized carbons (Fsp3) is 0.600. The van der Waals surface area contributed by atoms with E-state index in [2.05, 4.69) is 36.3 Å². The maximum absolute atomic E-state index is 5.44. The highest BCUT2D eigenvalue weighted by Gasteiger charge is 2.29. The van der Waals surface area contributed by atoms with Crippen molar-refractivity contribution in [3.05, 3.63) is 23.8 Å². The summed E-state index contributed by atoms with van der Waals surface area (Å²) < 4.78 is 10.8. The van der Waals surface area contributed by atoms with Crippen LogP contribution in [-0.4, -0.2) is 37.4 Å². The van der Waals surface area contributed by atoms with Crippen molar-refractivity contribution in [3.63, 3.8) is 0 Å². The molecule has 0 amide bonds. The predicted octanol–water partition coefficient (Wildman–Crippen LogP) is 1.99. The van der Waals surface area contributed by atoms with Crippen molar-refractivity contribution in [1.29, 1.82) is 0 Å². The van der Waals surface area contributed by atoms with E-state index in [0.29, 0.717) is 6.79 Å². The zero-order chi connectivity index (χ0) is 13.3. The summed E-state index contributed by atoms with van der Waals surface area (Å²) in [6.45, 7) is 5.90. The van der Waals surface area contributed by atoms with Gasteiger partial charge in [0.2, 0.25) is 6.79 Å². The second-order valence-electron chi connectivity index (χ2n) is 5.81. The van der Waals surface area contributed by atoms with E-state index in [1.807, 2.05) is 6.07 Å². The topological polar surface area (TPSA) is 33.7 Å². The Hall–Kier alpha value is -1.26. The van der Waals surface area contributed by atoms with Crippen molar-refractivity contribution in [2.75, 3.05) is 26.9 Å². The summed E-state index contributed by atoms with van der Waals surface area (Å²) in [5, 5.41) is 3.45. The highest BCUT2D eigenvalue weighted by atomic mass is 16.7. The summed E-state index contributed by atoms with van der Waals surface area (Å²) in [4.78, 5) is 2.51. The summed E-state index contributed by atoms with van der Waals surface area (Å²) in [5.74, 6) is 1.74. The van der Waals surface area contributed by atoms with Crippen LogP contribution in [0.15, 0.2) is 18.2 Å². The Balaban J connectivity index is 1.68. The van der Waals surface area contributed by atoms with Gasteiger partial charge >= 0.3 is 0 Å². The van der Waals surface area contributed by atoms with Crippen molar-refractivity contribution < 1.29 is 9.47 Å². The van der Waals surface area contributed by atoms with E-state index in [9.17, 15) is 0 Å². The van der Waals surface area contributed by atoms with Gasteiger partial charge in [-0.25, -0.2) is 0 Å². The molecule has 1 N–H and O–H groups in total. The lowest BCUT2D eigenvalue weighted by Crippen LogP contribution is -2.53. The third kappa shape index (κ3) is 2.69. The second kappa shape index (κ2) is 5.02. The lowest BCUT2D eigenvalue weighted by molar-refractivity contribution is 0.133. The number of likely N-dealkylation sites (tertiary alicyclic amines) is 1. The molecule has 2 aliphatic heterocycles. The number of fused-ring (bicyclic) bond motifs is 1. The van der Waals surface area contributed by atoms with Crippen molar-refractivity contribution in [2.45, 2.75) is 31.8 Å². The van der Waals surface area contributed by atoms with Crippen LogP contribution in [0.4, 0.5) is 0 Å². The monoisotopic (exact) mass is 262 g/mol. The number of benzene rings is 1. The van der Waals surface area contributed by atoms with Gasteiger partial charge in [0.25, 0.3) is 0 Å². The van der Waals surface area contributed by atoms with Crippen LogP contribution in [0.2, 0.25) is 0 Å². The molecule has 0 spiro atoms. The smallest absolute Gasteiger partial charge is 0.231 e. The molecule has 1 fully saturated rings. The minimum Gasteiger partial charge on any atom is -0.454 e. The molecule has 1 saturated heterocycles. The van der Waals surface area contributed by atoms with E-state index in [1.165, 1.54) is 24.9 Å². The van der Waals surface area contributed by atoms with Gasteiger partial charge in [0.15, 0.2) is 11.5 Å². The molecule has 19 heavy (non-hydrogen) atoms. The summed E-state index contributed by atoms with van der Waals surface area (Å²) >= 11 is 0. The molecular formula is C15H22N2O2. The Labute approximate surface area is 114 Å². The maximum Gasteiger partial charge on any atom is 0.231 e. The Morgan fingerprint density at radius 3 is 3.00 bits per heavy atom. The number of nitrogens with zero attached hydrogens (tertiary/aromatic N) is 1. The molecule has 2 aliphatic rings. The molecular weight excluding hydrogens is 240 g/mol. The van der Waals surface area contributed by atoms with E-state index in [4.69, 9.17) is 9.47 Å². The minimum atomic E-state index is 0.245. The fourth-order valence-corrected chi connectivity index (χ4v) is 2.98. The molecule has 1 aromatic carbocycles. The molecule has 104 valence electrons. The first-order chi connectivity index (χ1) is 9.18. The Bertz CT molecular complexity index is 463. The largest absolute Gasteiger partial charge is 0.454 e. The van der Waals surface area contributed by atoms with E-state index < -0.39 is 0 Å². The highest BCUT2D eigenvalue weighted by Crippen LogP contribution is 2.33. The van der Waals surface area contributed by atoms with Crippen LogP contribution in [0.1, 0.15) is 25.3 Å². The molecule has 4 nitrogen and oxygen atoms in total. The SMILES string of the molecule is CNC1(C)CCCN(Cc2ccc3c(c2)OCO3)C1. The predicted molar refractivity (Wildman–Crippen MR) is 74.5 cm³/mol. The number of rotatable bonds is 3. The highest BCUT2D eigenvalue weighted by molar-refractivity contribution is 5.44. The molecule has 2 heterocycles. The van der Waals surface area contributed by atoms with Gasteiger partial charge < -0.3 is 14.8 Å². The van der Waals surface area contributed by atoms with Gasteiger partial charge in [0.05, 0.1) is 0 Å². The van der Waals surface area contributed by atoms with E-state index in [-0.39, 0.29) is 5.54 Å². The van der Waals surface area contributed by atoms with Crippen molar-refractivity contribution in [2.24, 2.45) is 0 Å². The van der Waals surface area contributed by atoms with Crippen molar-refractivity contribution in [1.82, 2.24) is 10.2 Å². The second-order valence-corrected chi connectivity index (χ2v) is 5.81. The van der Waals surface area contributed by atoms with Crippen LogP contribution in [0.3, 0.4) is 0 Å². The van der Waals surface area contributed by atoms with Gasteiger partial charge in [-0.15, -0.1) is 0 Å². The molecule has 0 aliphatic carbocycles. The van der Waals surface area contributed by atoms with Crippen molar-refractivity contribution >= 4 is 0 Å². The average molecular weight is 262 g/mol. The first kappa shape index (κ1) is 12.8. The third-order valence-electron chi connectivity index (χ3n) is 4.22. The van der Waals surface area contributed by atoms with Gasteiger partial charge in [0, 0.05) is 18.6 Å². The summed E-state index contributed by atoms with van der Waals surface area (Å²) in [6.07, 6.45) is 2.50. The van der Waals surface area contributed by atoms with Gasteiger partial charge in [0.1, 0.15) is 0 Å². The van der Waals surface area contributed by atoms with Gasteiger partial charge in [-0.2, -0.15) is 0 Å². The van der Waals surface area contributed by atoms with Gasteiger partial charge in [-0.3, -0.25) is 4.90 Å². The number of hydrogen-bond acceptors (Lipinski definition) is 4. The van der Waals surface area contributed by atoms with E-state index in [0.717, 1.165) is 24.6 Å². The summed E-state index contributed by atoms with van der Waals surface area (Å²) in [6, 6.07) is 6.26. The number of nitrogens with one attached hydrogen (secondary N) is 1. The number of hydrogen-bond donors (Lipinski definition) is 1. The number of ether oxygens (including phenoxy) is 2. The standard InChI is InChI=1S/C15H22N2O2/c1-15(16-2)6-3-7-17(10-15)9-12-4-5-13-14(8-12)19-11-18-13/h4-5,8,16H,3,6-7,9-11H2,1-2H3. The van der Waals surface area contributed by atoms with Crippen LogP contribution in [0.25, 0.3) is 0 Å². The zero-order valence-electron chi connectivity index (χ0n) is 11.7. The van der Waals surface area contributed by atoms with Crippen LogP contribution in [0.5, 0.6) is 11.5 Å². The normalized spacial score (nSPS) is 26.6. The van der Waals surface area contributed by atoms with Crippen LogP contribution >= 0.6 is 0 Å². The molecule has 0 bridgehead atoms. The first-order valence-electron chi connectivity index (χ1n) is 6.98. The minimum absolute atomic E-state index is 0.245. The third-order valence-corrected chi connectivity index (χ3v) is 4.22. The van der Waals surface area contributed by atoms with Crippen LogP contribution in [-0.2, 0) is 6.54 Å². The number of piperidine rings is 1. The lowest BCUT2D eigenvalue weighted by Gasteiger charge is -2.40. The van der Waals surface area contributed by atoms with E-state index in [1.54, 1.807) is 0 Å². The van der Waals surface area contributed by atoms with Crippen molar-refractivity contribution in [3.8, 4) is 11.5 Å². The Kier molecular flexibility index (Phi) is 3.37. The Morgan fingerprint density at radius 1 is 1.32 bits per heavy atom. The molecule has 0 saturated carbocycles. The molecule has 1 atom stereocenters. The average Bonchev–Trinajstić information content (AvgIpc) is 2.86. The molecule has 3 rings (SSSR count). The molecule has 0 aromatic heterocycles. The summed E-state index contributed by atoms with van der Waals surface area (Å²) in [7, 11) is 2.06. The maximum atomic E-state index is 5.44. The van der Waals surface area contributed by atoms with Crippen LogP contribution < -0.4 is 14.8 Å². The quantitative estimate of drug-likeness (QED) is 0.903. The molecule has 1 aromatic rings. The summed E-state index contributed by atoms with van der Waals surface area (Å²) in [5.41, 5.74) is 1.54. The van der Waals surface area contributed by atoms with Crippen LogP contribution in [0, 0.1) is 0 Å². The Morgan fingerprint density at radius 2 is 2.16 bits per heavy atom. The number of likely N-dealkylation sites (N-methyl/N-ethyl adjacent to an activating group) is 1. The molecule has 4 heteroatoms. The van der Waals surface area contributed by atoms with Gasteiger partial charge in [-0.1, -0.05) is 6.07 Å². The zero-order valence-corrected chi connectivity index (χ0v) is 11.7. The molecule has 0 radical (unpaired) electrons. The lowest BCUT2D eigenvalue weighted by atomic mass is 9.91.